The van der Waals surface area contributed by atoms with E-state index in [9.17, 15) is 4.79 Å². The monoisotopic (exact) mass is 228 g/mol. The van der Waals surface area contributed by atoms with Crippen molar-refractivity contribution in [2.45, 2.75) is 65.5 Å². The summed E-state index contributed by atoms with van der Waals surface area (Å²) in [7, 11) is 1.86. The summed E-state index contributed by atoms with van der Waals surface area (Å²) < 4.78 is 0. The molecule has 0 radical (unpaired) electrons. The molecule has 1 unspecified atom stereocenters. The molecule has 2 N–H and O–H groups in total. The zero-order chi connectivity index (χ0) is 12.7. The van der Waals surface area contributed by atoms with E-state index in [1.54, 1.807) is 4.90 Å². The van der Waals surface area contributed by atoms with Crippen molar-refractivity contribution in [1.82, 2.24) is 4.90 Å². The second-order valence-electron chi connectivity index (χ2n) is 5.18. The summed E-state index contributed by atoms with van der Waals surface area (Å²) in [6.45, 7) is 8.55. The van der Waals surface area contributed by atoms with Gasteiger partial charge in [0, 0.05) is 13.1 Å². The second-order valence-corrected chi connectivity index (χ2v) is 5.18. The number of amides is 1. The minimum Gasteiger partial charge on any atom is -0.342 e. The van der Waals surface area contributed by atoms with Gasteiger partial charge in [-0.15, -0.1) is 0 Å². The summed E-state index contributed by atoms with van der Waals surface area (Å²) in [5.74, 6) is 0.693. The standard InChI is InChI=1S/C13H28N2O/c1-6-7-8-12(14)13(16)15(5)11(4)9-10(2)3/h10-12H,6-9,14H2,1-5H3/t11?,12-/m0/s1. The molecule has 0 aliphatic heterocycles. The van der Waals surface area contributed by atoms with E-state index in [4.69, 9.17) is 5.73 Å². The summed E-state index contributed by atoms with van der Waals surface area (Å²) in [5, 5.41) is 0. The van der Waals surface area contributed by atoms with Gasteiger partial charge >= 0.3 is 0 Å². The van der Waals surface area contributed by atoms with Crippen LogP contribution in [0.2, 0.25) is 0 Å². The predicted octanol–water partition coefficient (Wildman–Crippen LogP) is 2.40. The highest BCUT2D eigenvalue weighted by Gasteiger charge is 2.21. The van der Waals surface area contributed by atoms with Gasteiger partial charge in [-0.25, -0.2) is 0 Å². The maximum atomic E-state index is 12.0. The zero-order valence-corrected chi connectivity index (χ0v) is 11.5. The fourth-order valence-corrected chi connectivity index (χ4v) is 1.87. The summed E-state index contributed by atoms with van der Waals surface area (Å²) >= 11 is 0. The van der Waals surface area contributed by atoms with Crippen LogP contribution < -0.4 is 5.73 Å². The van der Waals surface area contributed by atoms with Crippen molar-refractivity contribution in [3.05, 3.63) is 0 Å². The Labute approximate surface area is 100 Å². The van der Waals surface area contributed by atoms with E-state index >= 15 is 0 Å². The first kappa shape index (κ1) is 15.4. The first-order chi connectivity index (χ1) is 7.40. The normalized spacial score (nSPS) is 14.9. The van der Waals surface area contributed by atoms with Gasteiger partial charge in [-0.3, -0.25) is 4.79 Å². The maximum Gasteiger partial charge on any atom is 0.239 e. The Hall–Kier alpha value is -0.570. The van der Waals surface area contributed by atoms with E-state index in [0.717, 1.165) is 25.7 Å². The molecule has 1 amide bonds. The zero-order valence-electron chi connectivity index (χ0n) is 11.5. The number of nitrogens with zero attached hydrogens (tertiary/aromatic N) is 1. The lowest BCUT2D eigenvalue weighted by Crippen LogP contribution is -2.45. The maximum absolute atomic E-state index is 12.0. The first-order valence-electron chi connectivity index (χ1n) is 6.42. The van der Waals surface area contributed by atoms with Crippen LogP contribution in [0.15, 0.2) is 0 Å². The van der Waals surface area contributed by atoms with Crippen molar-refractivity contribution in [2.24, 2.45) is 11.7 Å². The number of unbranched alkanes of at least 4 members (excludes halogenated alkanes) is 1. The molecular formula is C13H28N2O. The molecule has 0 aromatic rings. The van der Waals surface area contributed by atoms with Gasteiger partial charge in [-0.2, -0.15) is 0 Å². The van der Waals surface area contributed by atoms with Crippen LogP contribution >= 0.6 is 0 Å². The van der Waals surface area contributed by atoms with E-state index in [2.05, 4.69) is 27.7 Å². The Balaban J connectivity index is 4.14. The largest absolute Gasteiger partial charge is 0.342 e. The van der Waals surface area contributed by atoms with Crippen LogP contribution in [0.3, 0.4) is 0 Å². The average Bonchev–Trinajstić information content (AvgIpc) is 2.22. The molecule has 0 aromatic heterocycles. The number of rotatable bonds is 7. The molecule has 0 rings (SSSR count). The van der Waals surface area contributed by atoms with Gasteiger partial charge < -0.3 is 10.6 Å². The lowest BCUT2D eigenvalue weighted by atomic mass is 10.0. The fourth-order valence-electron chi connectivity index (χ4n) is 1.87. The van der Waals surface area contributed by atoms with Gasteiger partial charge in [0.25, 0.3) is 0 Å². The van der Waals surface area contributed by atoms with Gasteiger partial charge in [0.1, 0.15) is 0 Å². The molecule has 0 aliphatic carbocycles. The number of hydrogen-bond donors (Lipinski definition) is 1. The van der Waals surface area contributed by atoms with Crippen molar-refractivity contribution in [2.75, 3.05) is 7.05 Å². The molecule has 96 valence electrons. The Morgan fingerprint density at radius 3 is 2.31 bits per heavy atom. The van der Waals surface area contributed by atoms with Crippen molar-refractivity contribution in [1.29, 1.82) is 0 Å². The Morgan fingerprint density at radius 1 is 1.31 bits per heavy atom. The topological polar surface area (TPSA) is 46.3 Å². The molecule has 0 heterocycles. The fraction of sp³-hybridized carbons (Fsp3) is 0.923. The van der Waals surface area contributed by atoms with Crippen LogP contribution in [0.4, 0.5) is 0 Å². The van der Waals surface area contributed by atoms with Crippen molar-refractivity contribution >= 4 is 5.91 Å². The third-order valence-electron chi connectivity index (χ3n) is 3.01. The van der Waals surface area contributed by atoms with Crippen LogP contribution in [0, 0.1) is 5.92 Å². The molecule has 0 fully saturated rings. The highest BCUT2D eigenvalue weighted by atomic mass is 16.2. The van der Waals surface area contributed by atoms with Crippen LogP contribution in [-0.4, -0.2) is 29.9 Å². The highest BCUT2D eigenvalue weighted by Crippen LogP contribution is 2.11. The van der Waals surface area contributed by atoms with E-state index in [1.807, 2.05) is 7.05 Å². The molecule has 0 aliphatic rings. The number of nitrogens with two attached hydrogens (primary N) is 1. The molecular weight excluding hydrogens is 200 g/mol. The van der Waals surface area contributed by atoms with E-state index in [0.29, 0.717) is 5.92 Å². The van der Waals surface area contributed by atoms with Crippen molar-refractivity contribution in [3.63, 3.8) is 0 Å². The van der Waals surface area contributed by atoms with Gasteiger partial charge in [0.2, 0.25) is 5.91 Å². The molecule has 0 aromatic carbocycles. The SMILES string of the molecule is CCCC[C@H](N)C(=O)N(C)C(C)CC(C)C. The van der Waals surface area contributed by atoms with E-state index in [-0.39, 0.29) is 18.0 Å². The summed E-state index contributed by atoms with van der Waals surface area (Å²) in [4.78, 5) is 13.8. The Bertz CT molecular complexity index is 204. The van der Waals surface area contributed by atoms with Crippen LogP contribution in [0.5, 0.6) is 0 Å². The van der Waals surface area contributed by atoms with Gasteiger partial charge in [0.15, 0.2) is 0 Å². The van der Waals surface area contributed by atoms with Gasteiger partial charge in [-0.05, 0) is 25.7 Å². The Kier molecular flexibility index (Phi) is 7.39. The minimum absolute atomic E-state index is 0.0848. The second kappa shape index (κ2) is 7.66. The molecule has 0 bridgehead atoms. The summed E-state index contributed by atoms with van der Waals surface area (Å²) in [5.41, 5.74) is 5.88. The quantitative estimate of drug-likeness (QED) is 0.727. The molecule has 0 saturated carbocycles. The van der Waals surface area contributed by atoms with Crippen LogP contribution in [0.25, 0.3) is 0 Å². The third kappa shape index (κ3) is 5.50. The molecule has 2 atom stereocenters. The van der Waals surface area contributed by atoms with E-state index < -0.39 is 0 Å². The van der Waals surface area contributed by atoms with Gasteiger partial charge in [-0.1, -0.05) is 33.6 Å². The highest BCUT2D eigenvalue weighted by molar-refractivity contribution is 5.81. The van der Waals surface area contributed by atoms with Crippen molar-refractivity contribution < 1.29 is 4.79 Å². The molecule has 3 heteroatoms. The lowest BCUT2D eigenvalue weighted by molar-refractivity contribution is -0.133. The smallest absolute Gasteiger partial charge is 0.239 e. The van der Waals surface area contributed by atoms with Crippen LogP contribution in [0.1, 0.15) is 53.4 Å². The summed E-state index contributed by atoms with van der Waals surface area (Å²) in [6.07, 6.45) is 3.95. The molecule has 0 spiro atoms. The van der Waals surface area contributed by atoms with Crippen molar-refractivity contribution in [3.8, 4) is 0 Å². The number of likely N-dealkylation sites (N-methyl/N-ethyl adjacent to an activating group) is 1. The Morgan fingerprint density at radius 2 is 1.88 bits per heavy atom. The third-order valence-corrected chi connectivity index (χ3v) is 3.01. The lowest BCUT2D eigenvalue weighted by Gasteiger charge is -2.28. The number of carbonyl (C=O) groups is 1. The van der Waals surface area contributed by atoms with Crippen LogP contribution in [-0.2, 0) is 4.79 Å². The number of hydrogen-bond acceptors (Lipinski definition) is 2. The minimum atomic E-state index is -0.320. The molecule has 16 heavy (non-hydrogen) atoms. The first-order valence-corrected chi connectivity index (χ1v) is 6.42. The predicted molar refractivity (Wildman–Crippen MR) is 69.2 cm³/mol. The molecule has 3 nitrogen and oxygen atoms in total. The average molecular weight is 228 g/mol. The molecule has 0 saturated heterocycles. The van der Waals surface area contributed by atoms with Gasteiger partial charge in [0.05, 0.1) is 6.04 Å². The number of carbonyl (C=O) groups excluding carboxylic acids is 1. The van der Waals surface area contributed by atoms with E-state index in [1.165, 1.54) is 0 Å². The summed E-state index contributed by atoms with van der Waals surface area (Å²) in [6, 6.07) is -0.0419.